The molecule has 0 atom stereocenters. The molecule has 0 saturated carbocycles. The van der Waals surface area contributed by atoms with E-state index < -0.39 is 20.0 Å². The fourth-order valence-electron chi connectivity index (χ4n) is 3.33. The molecule has 3 aromatic carbocycles. The second-order valence-electron chi connectivity index (χ2n) is 8.59. The van der Waals surface area contributed by atoms with Crippen LogP contribution in [0, 0.1) is 34.6 Å². The van der Waals surface area contributed by atoms with E-state index >= 15 is 0 Å². The van der Waals surface area contributed by atoms with Crippen molar-refractivity contribution in [2.45, 2.75) is 44.4 Å². The smallest absolute Gasteiger partial charge is 0.285 e. The third-order valence-electron chi connectivity index (χ3n) is 5.68. The Hall–Kier alpha value is -2.63. The summed E-state index contributed by atoms with van der Waals surface area (Å²) in [7, 11) is -7.07. The van der Waals surface area contributed by atoms with Gasteiger partial charge >= 0.3 is 0 Å². The number of sulfonamides is 2. The molecular formula is C25H25Cl3N4O4S2. The number of hydrogen-bond donors (Lipinski definition) is 2. The van der Waals surface area contributed by atoms with Crippen molar-refractivity contribution in [2.24, 2.45) is 8.80 Å². The van der Waals surface area contributed by atoms with E-state index in [1.54, 1.807) is 26.0 Å². The molecule has 0 saturated heterocycles. The lowest BCUT2D eigenvalue weighted by Gasteiger charge is -2.13. The summed E-state index contributed by atoms with van der Waals surface area (Å²) in [5.41, 5.74) is 6.09. The van der Waals surface area contributed by atoms with Gasteiger partial charge in [-0.25, -0.2) is 0 Å². The second kappa shape index (κ2) is 11.6. The first-order chi connectivity index (χ1) is 17.6. The predicted octanol–water partition coefficient (Wildman–Crippen LogP) is 6.85. The van der Waals surface area contributed by atoms with Gasteiger partial charge in [-0.3, -0.25) is 0 Å². The topological polar surface area (TPSA) is 117 Å². The fourth-order valence-corrected chi connectivity index (χ4v) is 5.93. The van der Waals surface area contributed by atoms with Crippen LogP contribution >= 0.6 is 34.8 Å². The van der Waals surface area contributed by atoms with Crippen molar-refractivity contribution >= 4 is 78.9 Å². The van der Waals surface area contributed by atoms with Crippen LogP contribution < -0.4 is 10.6 Å². The quantitative estimate of drug-likeness (QED) is 0.286. The minimum absolute atomic E-state index is 0.168. The van der Waals surface area contributed by atoms with Crippen LogP contribution in [-0.4, -0.2) is 29.5 Å². The largest absolute Gasteiger partial charge is 0.344 e. The predicted molar refractivity (Wildman–Crippen MR) is 157 cm³/mol. The molecule has 0 aliphatic carbocycles. The molecule has 3 aromatic rings. The van der Waals surface area contributed by atoms with Gasteiger partial charge in [0.15, 0.2) is 0 Å². The summed E-state index contributed by atoms with van der Waals surface area (Å²) in [6.45, 7) is 9.68. The van der Waals surface area contributed by atoms with Crippen molar-refractivity contribution in [3.8, 4) is 0 Å². The molecule has 2 N–H and O–H groups in total. The lowest BCUT2D eigenvalue weighted by molar-refractivity contribution is 0.596. The molecule has 0 spiro atoms. The third-order valence-corrected chi connectivity index (χ3v) is 9.45. The molecule has 0 unspecified atom stereocenters. The zero-order valence-electron chi connectivity index (χ0n) is 21.1. The zero-order chi connectivity index (χ0) is 28.4. The second-order valence-corrected chi connectivity index (χ2v) is 13.0. The monoisotopic (exact) mass is 614 g/mol. The SMILES string of the molecule is Cc1cc(C)c(Cl)cc1C.Cc1cc2c(cc1Cl)NC=NS2(=O)=O.Cc1cc2c(cc1Cl)NC=NS2(=O)=O. The lowest BCUT2D eigenvalue weighted by Crippen LogP contribution is -2.11. The van der Waals surface area contributed by atoms with Crippen LogP contribution in [0.15, 0.2) is 55.0 Å². The molecule has 0 fully saturated rings. The third kappa shape index (κ3) is 6.86. The molecule has 5 rings (SSSR count). The van der Waals surface area contributed by atoms with Gasteiger partial charge in [0.25, 0.3) is 20.0 Å². The highest BCUT2D eigenvalue weighted by molar-refractivity contribution is 7.90. The summed E-state index contributed by atoms with van der Waals surface area (Å²) in [5, 5.41) is 7.38. The summed E-state index contributed by atoms with van der Waals surface area (Å²) in [5.74, 6) is 0. The Kier molecular flexibility index (Phi) is 9.16. The first kappa shape index (κ1) is 29.9. The molecule has 0 radical (unpaired) electrons. The Morgan fingerprint density at radius 3 is 1.26 bits per heavy atom. The van der Waals surface area contributed by atoms with Crippen molar-refractivity contribution in [1.82, 2.24) is 0 Å². The van der Waals surface area contributed by atoms with E-state index in [0.29, 0.717) is 32.5 Å². The van der Waals surface area contributed by atoms with Crippen molar-refractivity contribution in [1.29, 1.82) is 0 Å². The van der Waals surface area contributed by atoms with Gasteiger partial charge in [-0.2, -0.15) is 16.8 Å². The van der Waals surface area contributed by atoms with E-state index in [1.165, 1.54) is 23.3 Å². The van der Waals surface area contributed by atoms with Gasteiger partial charge in [0.1, 0.15) is 22.5 Å². The van der Waals surface area contributed by atoms with Gasteiger partial charge in [-0.05, 0) is 92.8 Å². The van der Waals surface area contributed by atoms with Crippen LogP contribution in [0.3, 0.4) is 0 Å². The van der Waals surface area contributed by atoms with Crippen molar-refractivity contribution in [3.63, 3.8) is 0 Å². The maximum atomic E-state index is 11.5. The Labute approximate surface area is 237 Å². The average molecular weight is 616 g/mol. The number of nitrogens with zero attached hydrogens (tertiary/aromatic N) is 2. The van der Waals surface area contributed by atoms with Crippen LogP contribution in [0.5, 0.6) is 0 Å². The number of hydrogen-bond acceptors (Lipinski definition) is 6. The first-order valence-corrected chi connectivity index (χ1v) is 15.1. The maximum absolute atomic E-state index is 11.5. The van der Waals surface area contributed by atoms with E-state index in [1.807, 2.05) is 13.0 Å². The zero-order valence-corrected chi connectivity index (χ0v) is 25.0. The van der Waals surface area contributed by atoms with Crippen LogP contribution in [0.25, 0.3) is 0 Å². The van der Waals surface area contributed by atoms with E-state index in [4.69, 9.17) is 34.8 Å². The Bertz CT molecular complexity index is 1540. The standard InChI is InChI=1S/C9H11Cl.2C8H7ClN2O2S/c1-6-4-8(3)9(10)5-7(6)2;2*1-5-2-8-7(3-6(5)9)10-4-11-14(8,12)13/h4-5H,1-3H3;2*2-4H,1H3,(H,10,11). The molecule has 0 bridgehead atoms. The molecule has 38 heavy (non-hydrogen) atoms. The number of rotatable bonds is 0. The summed E-state index contributed by atoms with van der Waals surface area (Å²) in [6, 6.07) is 10.3. The number of fused-ring (bicyclic) bond motifs is 2. The lowest BCUT2D eigenvalue weighted by atomic mass is 10.1. The normalized spacial score (nSPS) is 15.4. The minimum atomic E-state index is -3.53. The first-order valence-electron chi connectivity index (χ1n) is 11.1. The molecule has 2 aliphatic rings. The minimum Gasteiger partial charge on any atom is -0.344 e. The van der Waals surface area contributed by atoms with Gasteiger partial charge in [0.2, 0.25) is 0 Å². The van der Waals surface area contributed by atoms with Gasteiger partial charge < -0.3 is 10.6 Å². The highest BCUT2D eigenvalue weighted by atomic mass is 35.5. The molecule has 202 valence electrons. The van der Waals surface area contributed by atoms with Crippen LogP contribution in [0.1, 0.15) is 27.8 Å². The van der Waals surface area contributed by atoms with E-state index in [0.717, 1.165) is 23.3 Å². The van der Waals surface area contributed by atoms with Crippen molar-refractivity contribution in [3.05, 3.63) is 79.3 Å². The summed E-state index contributed by atoms with van der Waals surface area (Å²) < 4.78 is 52.6. The van der Waals surface area contributed by atoms with Crippen LogP contribution in [-0.2, 0) is 20.0 Å². The Morgan fingerprint density at radius 2 is 0.868 bits per heavy atom. The molecular weight excluding hydrogens is 591 g/mol. The number of anilines is 2. The molecule has 2 heterocycles. The highest BCUT2D eigenvalue weighted by Crippen LogP contribution is 2.32. The van der Waals surface area contributed by atoms with Gasteiger partial charge in [0, 0.05) is 15.1 Å². The maximum Gasteiger partial charge on any atom is 0.285 e. The van der Waals surface area contributed by atoms with Crippen molar-refractivity contribution < 1.29 is 16.8 Å². The number of nitrogens with one attached hydrogen (secondary N) is 2. The molecule has 13 heteroatoms. The van der Waals surface area contributed by atoms with Crippen molar-refractivity contribution in [2.75, 3.05) is 10.6 Å². The van der Waals surface area contributed by atoms with E-state index in [2.05, 4.69) is 39.3 Å². The molecule has 2 aliphatic heterocycles. The number of halogens is 3. The van der Waals surface area contributed by atoms with E-state index in [-0.39, 0.29) is 9.79 Å². The number of aryl methyl sites for hydroxylation is 5. The fraction of sp³-hybridized carbons (Fsp3) is 0.200. The van der Waals surface area contributed by atoms with E-state index in [9.17, 15) is 16.8 Å². The Morgan fingerprint density at radius 1 is 0.526 bits per heavy atom. The van der Waals surface area contributed by atoms with Gasteiger partial charge in [0.05, 0.1) is 11.4 Å². The highest BCUT2D eigenvalue weighted by Gasteiger charge is 2.22. The Balaban J connectivity index is 0.000000161. The summed E-state index contributed by atoms with van der Waals surface area (Å²) in [6.07, 6.45) is 2.28. The molecule has 8 nitrogen and oxygen atoms in total. The van der Waals surface area contributed by atoms with Gasteiger partial charge in [-0.15, -0.1) is 8.80 Å². The number of benzene rings is 3. The van der Waals surface area contributed by atoms with Crippen LogP contribution in [0.2, 0.25) is 15.1 Å². The van der Waals surface area contributed by atoms with Crippen LogP contribution in [0.4, 0.5) is 11.4 Å². The average Bonchev–Trinajstić information content (AvgIpc) is 2.81. The summed E-state index contributed by atoms with van der Waals surface area (Å²) in [4.78, 5) is 0.337. The summed E-state index contributed by atoms with van der Waals surface area (Å²) >= 11 is 17.6. The van der Waals surface area contributed by atoms with Gasteiger partial charge in [-0.1, -0.05) is 40.9 Å². The molecule has 0 aromatic heterocycles. The molecule has 0 amide bonds.